The molecular formula is C28H42N2O5. The van der Waals surface area contributed by atoms with Gasteiger partial charge >= 0.3 is 0 Å². The van der Waals surface area contributed by atoms with Crippen LogP contribution in [0.5, 0.6) is 11.5 Å². The predicted molar refractivity (Wildman–Crippen MR) is 135 cm³/mol. The van der Waals surface area contributed by atoms with Gasteiger partial charge in [0.1, 0.15) is 12.6 Å². The maximum absolute atomic E-state index is 12.8. The molecule has 7 heteroatoms. The number of nitrogens with two attached hydrogens (primary N) is 1. The van der Waals surface area contributed by atoms with Crippen molar-refractivity contribution in [3.8, 4) is 11.5 Å². The lowest BCUT2D eigenvalue weighted by molar-refractivity contribution is -0.125. The lowest BCUT2D eigenvalue weighted by Crippen LogP contribution is -2.61. The Morgan fingerprint density at radius 1 is 0.943 bits per heavy atom. The van der Waals surface area contributed by atoms with Crippen LogP contribution in [0.25, 0.3) is 0 Å². The molecule has 0 aromatic heterocycles. The number of aldehydes is 2. The quantitative estimate of drug-likeness (QED) is 0.259. The van der Waals surface area contributed by atoms with Crippen LogP contribution in [0.4, 0.5) is 0 Å². The first-order valence-corrected chi connectivity index (χ1v) is 12.9. The summed E-state index contributed by atoms with van der Waals surface area (Å²) >= 11 is 0. The number of benzene rings is 1. The number of hydrogen-bond acceptors (Lipinski definition) is 6. The highest BCUT2D eigenvalue weighted by Crippen LogP contribution is 2.64. The van der Waals surface area contributed by atoms with Crippen molar-refractivity contribution >= 4 is 18.5 Å². The normalized spacial score (nSPS) is 32.1. The van der Waals surface area contributed by atoms with Crippen LogP contribution in [0.1, 0.15) is 90.0 Å². The second kappa shape index (κ2) is 10.7. The van der Waals surface area contributed by atoms with Crippen LogP contribution < -0.4 is 11.1 Å². The van der Waals surface area contributed by atoms with E-state index >= 15 is 0 Å². The highest BCUT2D eigenvalue weighted by atomic mass is 16.3. The van der Waals surface area contributed by atoms with Crippen molar-refractivity contribution in [2.75, 3.05) is 6.54 Å². The first kappa shape index (κ1) is 27.2. The second-order valence-corrected chi connectivity index (χ2v) is 12.2. The van der Waals surface area contributed by atoms with E-state index < -0.39 is 0 Å². The van der Waals surface area contributed by atoms with Gasteiger partial charge in [-0.05, 0) is 91.7 Å². The molecule has 1 amide bonds. The van der Waals surface area contributed by atoms with Crippen molar-refractivity contribution in [2.24, 2.45) is 22.0 Å². The first-order chi connectivity index (χ1) is 16.4. The van der Waals surface area contributed by atoms with Crippen LogP contribution >= 0.6 is 0 Å². The SMILES string of the molecule is CC1(CCC=O)CC2(N)CC(C)(CCC=O)CC(CCC(=O)NCCc3ccc(O)c(O)c3)(C1)C2. The van der Waals surface area contributed by atoms with Crippen LogP contribution in [-0.4, -0.2) is 40.8 Å². The summed E-state index contributed by atoms with van der Waals surface area (Å²) in [5, 5.41) is 22.1. The summed E-state index contributed by atoms with van der Waals surface area (Å²) in [7, 11) is 0. The molecular weight excluding hydrogens is 444 g/mol. The van der Waals surface area contributed by atoms with Gasteiger partial charge in [0.15, 0.2) is 11.5 Å². The number of phenols is 2. The third kappa shape index (κ3) is 7.06. The Morgan fingerprint density at radius 3 is 2.09 bits per heavy atom. The van der Waals surface area contributed by atoms with Crippen LogP contribution in [0.3, 0.4) is 0 Å². The number of carbonyl (C=O) groups is 3. The summed E-state index contributed by atoms with van der Waals surface area (Å²) in [6.45, 7) is 4.94. The maximum Gasteiger partial charge on any atom is 0.220 e. The fourth-order valence-electron chi connectivity index (χ4n) is 7.73. The van der Waals surface area contributed by atoms with Crippen LogP contribution in [0, 0.1) is 16.2 Å². The van der Waals surface area contributed by atoms with Crippen LogP contribution in [0.15, 0.2) is 18.2 Å². The first-order valence-electron chi connectivity index (χ1n) is 12.9. The molecule has 2 aliphatic rings. The summed E-state index contributed by atoms with van der Waals surface area (Å²) in [6, 6.07) is 4.68. The monoisotopic (exact) mass is 486 g/mol. The number of aromatic hydroxyl groups is 2. The van der Waals surface area contributed by atoms with Gasteiger partial charge in [0.2, 0.25) is 5.91 Å². The summed E-state index contributed by atoms with van der Waals surface area (Å²) in [5.74, 6) is -0.332. The minimum Gasteiger partial charge on any atom is -0.504 e. The third-order valence-electron chi connectivity index (χ3n) is 8.28. The molecule has 3 rings (SSSR count). The lowest BCUT2D eigenvalue weighted by Gasteiger charge is -2.62. The predicted octanol–water partition coefficient (Wildman–Crippen LogP) is 4.17. The molecule has 0 saturated heterocycles. The van der Waals surface area contributed by atoms with E-state index in [4.69, 9.17) is 5.73 Å². The van der Waals surface area contributed by atoms with Crippen LogP contribution in [-0.2, 0) is 20.8 Å². The molecule has 0 heterocycles. The average molecular weight is 487 g/mol. The van der Waals surface area contributed by atoms with Crippen molar-refractivity contribution in [3.05, 3.63) is 23.8 Å². The number of hydrogen-bond donors (Lipinski definition) is 4. The van der Waals surface area contributed by atoms with Crippen LogP contribution in [0.2, 0.25) is 0 Å². The average Bonchev–Trinajstić information content (AvgIpc) is 2.76. The topological polar surface area (TPSA) is 130 Å². The zero-order valence-electron chi connectivity index (χ0n) is 21.3. The fourth-order valence-corrected chi connectivity index (χ4v) is 7.73. The highest BCUT2D eigenvalue weighted by Gasteiger charge is 2.57. The molecule has 0 aliphatic heterocycles. The van der Waals surface area contributed by atoms with Gasteiger partial charge in [-0.25, -0.2) is 0 Å². The Hall–Kier alpha value is -2.41. The standard InChI is InChI=1S/C28H42N2O5/c1-25(9-3-13-31)16-27(17-26(2,10-4-14-32)19-28(29,18-25)20-27)11-7-24(35)30-12-8-21-5-6-22(33)23(34)15-21/h5-6,13-15,33-34H,3-4,7-12,16-20,29H2,1-2H3,(H,30,35). The Bertz CT molecular complexity index is 902. The molecule has 35 heavy (non-hydrogen) atoms. The number of fused-ring (bicyclic) bond motifs is 2. The summed E-state index contributed by atoms with van der Waals surface area (Å²) < 4.78 is 0. The Balaban J connectivity index is 1.66. The van der Waals surface area contributed by atoms with Gasteiger partial charge < -0.3 is 30.9 Å². The maximum atomic E-state index is 12.8. The Morgan fingerprint density at radius 2 is 1.54 bits per heavy atom. The number of carbonyl (C=O) groups excluding carboxylic acids is 3. The zero-order chi connectivity index (χ0) is 25.7. The molecule has 5 N–H and O–H groups in total. The van der Waals surface area contributed by atoms with Gasteiger partial charge in [-0.2, -0.15) is 0 Å². The van der Waals surface area contributed by atoms with E-state index in [1.807, 2.05) is 0 Å². The lowest BCUT2D eigenvalue weighted by atomic mass is 9.44. The molecule has 2 atom stereocenters. The summed E-state index contributed by atoms with van der Waals surface area (Å²) in [6.07, 6.45) is 10.9. The van der Waals surface area contributed by atoms with Crippen molar-refractivity contribution < 1.29 is 24.6 Å². The van der Waals surface area contributed by atoms with E-state index in [2.05, 4.69) is 19.2 Å². The van der Waals surface area contributed by atoms with Gasteiger partial charge in [-0.1, -0.05) is 19.9 Å². The van der Waals surface area contributed by atoms with E-state index in [1.54, 1.807) is 6.07 Å². The summed E-state index contributed by atoms with van der Waals surface area (Å²) in [5.41, 5.74) is 7.39. The minimum absolute atomic E-state index is 0.00895. The second-order valence-electron chi connectivity index (χ2n) is 12.2. The highest BCUT2D eigenvalue weighted by molar-refractivity contribution is 5.75. The van der Waals surface area contributed by atoms with E-state index in [-0.39, 0.29) is 39.2 Å². The van der Waals surface area contributed by atoms with E-state index in [0.717, 1.165) is 69.5 Å². The van der Waals surface area contributed by atoms with E-state index in [0.29, 0.717) is 32.2 Å². The molecule has 2 bridgehead atoms. The van der Waals surface area contributed by atoms with E-state index in [1.165, 1.54) is 12.1 Å². The molecule has 0 spiro atoms. The van der Waals surface area contributed by atoms with Gasteiger partial charge in [-0.3, -0.25) is 4.79 Å². The van der Waals surface area contributed by atoms with E-state index in [9.17, 15) is 24.6 Å². The molecule has 194 valence electrons. The van der Waals surface area contributed by atoms with Gasteiger partial charge in [-0.15, -0.1) is 0 Å². The number of rotatable bonds is 12. The number of amides is 1. The van der Waals surface area contributed by atoms with Gasteiger partial charge in [0.05, 0.1) is 0 Å². The van der Waals surface area contributed by atoms with Crippen molar-refractivity contribution in [2.45, 2.75) is 96.4 Å². The molecule has 7 nitrogen and oxygen atoms in total. The van der Waals surface area contributed by atoms with Crippen molar-refractivity contribution in [3.63, 3.8) is 0 Å². The number of phenolic OH excluding ortho intramolecular Hbond substituents is 2. The fraction of sp³-hybridized carbons (Fsp3) is 0.679. The molecule has 2 saturated carbocycles. The largest absolute Gasteiger partial charge is 0.504 e. The Labute approximate surface area is 208 Å². The van der Waals surface area contributed by atoms with Gasteiger partial charge in [0.25, 0.3) is 0 Å². The molecule has 2 aliphatic carbocycles. The van der Waals surface area contributed by atoms with Crippen molar-refractivity contribution in [1.82, 2.24) is 5.32 Å². The molecule has 0 radical (unpaired) electrons. The minimum atomic E-state index is -0.344. The number of nitrogens with one attached hydrogen (secondary N) is 1. The Kier molecular flexibility index (Phi) is 8.30. The molecule has 2 unspecified atom stereocenters. The van der Waals surface area contributed by atoms with Crippen molar-refractivity contribution in [1.29, 1.82) is 0 Å². The molecule has 2 fully saturated rings. The van der Waals surface area contributed by atoms with Gasteiger partial charge in [0, 0.05) is 31.3 Å². The summed E-state index contributed by atoms with van der Waals surface area (Å²) in [4.78, 5) is 35.0. The smallest absolute Gasteiger partial charge is 0.220 e. The third-order valence-corrected chi connectivity index (χ3v) is 8.28. The zero-order valence-corrected chi connectivity index (χ0v) is 21.3. The molecule has 1 aromatic rings. The molecule has 1 aromatic carbocycles.